The van der Waals surface area contributed by atoms with Gasteiger partial charge in [0.15, 0.2) is 0 Å². The highest BCUT2D eigenvalue weighted by molar-refractivity contribution is 5.78. The highest BCUT2D eigenvalue weighted by Gasteiger charge is 2.11. The van der Waals surface area contributed by atoms with E-state index < -0.39 is 0 Å². The summed E-state index contributed by atoms with van der Waals surface area (Å²) in [6.45, 7) is 4.14. The summed E-state index contributed by atoms with van der Waals surface area (Å²) in [5, 5.41) is 0. The van der Waals surface area contributed by atoms with E-state index in [9.17, 15) is 4.79 Å². The van der Waals surface area contributed by atoms with E-state index in [1.54, 1.807) is 6.42 Å². The van der Waals surface area contributed by atoms with Gasteiger partial charge in [-0.2, -0.15) is 0 Å². The molecule has 2 nitrogen and oxygen atoms in total. The zero-order valence-electron chi connectivity index (χ0n) is 13.5. The molecule has 117 valence electrons. The molecule has 0 aliphatic carbocycles. The number of unbranched alkanes of at least 4 members (excludes halogenated alkanes) is 7. The molecule has 0 bridgehead atoms. The van der Waals surface area contributed by atoms with Crippen LogP contribution in [-0.4, -0.2) is 5.97 Å². The average molecular weight is 289 g/mol. The predicted octanol–water partition coefficient (Wildman–Crippen LogP) is 5.64. The summed E-state index contributed by atoms with van der Waals surface area (Å²) in [5.41, 5.74) is 1.04. The predicted molar refractivity (Wildman–Crippen MR) is 87.9 cm³/mol. The lowest BCUT2D eigenvalue weighted by Gasteiger charge is -2.13. The van der Waals surface area contributed by atoms with Crippen molar-refractivity contribution in [2.24, 2.45) is 0 Å². The lowest BCUT2D eigenvalue weighted by atomic mass is 10.1. The lowest BCUT2D eigenvalue weighted by Crippen LogP contribution is -2.09. The van der Waals surface area contributed by atoms with E-state index in [4.69, 9.17) is 4.74 Å². The highest BCUT2D eigenvalue weighted by Crippen LogP contribution is 2.17. The van der Waals surface area contributed by atoms with Crippen LogP contribution in [0.25, 0.3) is 0 Å². The van der Waals surface area contributed by atoms with Crippen LogP contribution in [0.3, 0.4) is 0 Å². The second-order valence-electron chi connectivity index (χ2n) is 5.60. The third-order valence-electron chi connectivity index (χ3n) is 3.68. The Balaban J connectivity index is 2.04. The first-order valence-electron chi connectivity index (χ1n) is 8.32. The summed E-state index contributed by atoms with van der Waals surface area (Å²) in [4.78, 5) is 11.7. The molecule has 1 aromatic carbocycles. The highest BCUT2D eigenvalue weighted by atomic mass is 16.5. The number of ether oxygens (including phenoxy) is 1. The molecule has 0 saturated carbocycles. The Labute approximate surface area is 129 Å². The van der Waals surface area contributed by atoms with E-state index in [0.717, 1.165) is 18.4 Å². The van der Waals surface area contributed by atoms with Crippen LogP contribution in [0, 0.1) is 6.42 Å². The third kappa shape index (κ3) is 8.54. The zero-order valence-corrected chi connectivity index (χ0v) is 13.5. The quantitative estimate of drug-likeness (QED) is 0.389. The molecule has 1 aromatic rings. The van der Waals surface area contributed by atoms with E-state index in [1.807, 2.05) is 37.3 Å². The maximum atomic E-state index is 11.7. The molecule has 0 heterocycles. The van der Waals surface area contributed by atoms with Gasteiger partial charge < -0.3 is 4.74 Å². The maximum absolute atomic E-state index is 11.7. The standard InChI is InChI=1S/C19H29O2/c1-3-4-5-6-7-8-9-13-16-19(20)21-17(2)18-14-11-10-12-15-18/h10-12,14-17H,3-9,13H2,1-2H3. The Morgan fingerprint density at radius 1 is 1.05 bits per heavy atom. The van der Waals surface area contributed by atoms with Crippen LogP contribution in [0.4, 0.5) is 0 Å². The van der Waals surface area contributed by atoms with Crippen LogP contribution in [0.1, 0.15) is 76.9 Å². The van der Waals surface area contributed by atoms with E-state index in [1.165, 1.54) is 38.5 Å². The Kier molecular flexibility index (Phi) is 9.60. The molecule has 0 aromatic heterocycles. The minimum Gasteiger partial charge on any atom is -0.458 e. The Morgan fingerprint density at radius 2 is 1.67 bits per heavy atom. The molecule has 0 amide bonds. The van der Waals surface area contributed by atoms with Gasteiger partial charge in [-0.05, 0) is 18.9 Å². The van der Waals surface area contributed by atoms with Crippen molar-refractivity contribution < 1.29 is 9.53 Å². The summed E-state index contributed by atoms with van der Waals surface area (Å²) >= 11 is 0. The van der Waals surface area contributed by atoms with Gasteiger partial charge in [-0.25, -0.2) is 0 Å². The molecule has 21 heavy (non-hydrogen) atoms. The Hall–Kier alpha value is -1.31. The number of carbonyl (C=O) groups excluding carboxylic acids is 1. The van der Waals surface area contributed by atoms with Crippen LogP contribution in [0.5, 0.6) is 0 Å². The van der Waals surface area contributed by atoms with Crippen molar-refractivity contribution in [3.63, 3.8) is 0 Å². The Bertz CT molecular complexity index is 372. The average Bonchev–Trinajstić information content (AvgIpc) is 2.50. The number of hydrogen-bond acceptors (Lipinski definition) is 2. The molecule has 2 heteroatoms. The fourth-order valence-electron chi connectivity index (χ4n) is 2.34. The van der Waals surface area contributed by atoms with Gasteiger partial charge in [-0.15, -0.1) is 0 Å². The SMILES string of the molecule is CCCCCCCCC[CH]C(=O)OC(C)c1ccccc1. The molecule has 1 radical (unpaired) electrons. The van der Waals surface area contributed by atoms with Crippen molar-refractivity contribution in [3.05, 3.63) is 42.3 Å². The van der Waals surface area contributed by atoms with Crippen LogP contribution in [0.2, 0.25) is 0 Å². The third-order valence-corrected chi connectivity index (χ3v) is 3.68. The van der Waals surface area contributed by atoms with Gasteiger partial charge in [0.2, 0.25) is 0 Å². The fourth-order valence-corrected chi connectivity index (χ4v) is 2.34. The van der Waals surface area contributed by atoms with Gasteiger partial charge in [-0.3, -0.25) is 4.79 Å². The van der Waals surface area contributed by atoms with Crippen molar-refractivity contribution in [1.82, 2.24) is 0 Å². The van der Waals surface area contributed by atoms with Gasteiger partial charge in [-0.1, -0.05) is 82.2 Å². The van der Waals surface area contributed by atoms with E-state index in [0.29, 0.717) is 0 Å². The number of benzene rings is 1. The number of rotatable bonds is 11. The molecular weight excluding hydrogens is 260 g/mol. The van der Waals surface area contributed by atoms with Crippen LogP contribution >= 0.6 is 0 Å². The molecule has 0 spiro atoms. The van der Waals surface area contributed by atoms with Gasteiger partial charge >= 0.3 is 5.97 Å². The van der Waals surface area contributed by atoms with Crippen molar-refractivity contribution in [2.75, 3.05) is 0 Å². The van der Waals surface area contributed by atoms with Crippen LogP contribution in [0.15, 0.2) is 30.3 Å². The topological polar surface area (TPSA) is 26.3 Å². The molecule has 0 aliphatic heterocycles. The summed E-state index contributed by atoms with van der Waals surface area (Å²) in [6.07, 6.45) is 11.2. The van der Waals surface area contributed by atoms with Gasteiger partial charge in [0.05, 0.1) is 6.42 Å². The molecule has 0 N–H and O–H groups in total. The van der Waals surface area contributed by atoms with E-state index >= 15 is 0 Å². The summed E-state index contributed by atoms with van der Waals surface area (Å²) in [6, 6.07) is 9.84. The van der Waals surface area contributed by atoms with Crippen LogP contribution < -0.4 is 0 Å². The second-order valence-corrected chi connectivity index (χ2v) is 5.60. The molecule has 0 saturated heterocycles. The number of hydrogen-bond donors (Lipinski definition) is 0. The lowest BCUT2D eigenvalue weighted by molar-refractivity contribution is -0.144. The first-order valence-corrected chi connectivity index (χ1v) is 8.32. The zero-order chi connectivity index (χ0) is 15.3. The summed E-state index contributed by atoms with van der Waals surface area (Å²) in [5.74, 6) is -0.197. The van der Waals surface area contributed by atoms with Crippen LogP contribution in [-0.2, 0) is 9.53 Å². The smallest absolute Gasteiger partial charge is 0.310 e. The van der Waals surface area contributed by atoms with Gasteiger partial charge in [0.25, 0.3) is 0 Å². The van der Waals surface area contributed by atoms with Gasteiger partial charge in [0, 0.05) is 0 Å². The normalized spacial score (nSPS) is 12.1. The minimum atomic E-state index is -0.197. The van der Waals surface area contributed by atoms with Crippen molar-refractivity contribution >= 4 is 5.97 Å². The molecule has 1 unspecified atom stereocenters. The second kappa shape index (κ2) is 11.4. The monoisotopic (exact) mass is 289 g/mol. The van der Waals surface area contributed by atoms with Crippen molar-refractivity contribution in [2.45, 2.75) is 71.3 Å². The van der Waals surface area contributed by atoms with E-state index in [2.05, 4.69) is 6.92 Å². The maximum Gasteiger partial charge on any atom is 0.310 e. The minimum absolute atomic E-state index is 0.177. The summed E-state index contributed by atoms with van der Waals surface area (Å²) in [7, 11) is 0. The van der Waals surface area contributed by atoms with Crippen molar-refractivity contribution in [3.8, 4) is 0 Å². The van der Waals surface area contributed by atoms with Crippen molar-refractivity contribution in [1.29, 1.82) is 0 Å². The first-order chi connectivity index (χ1) is 10.2. The largest absolute Gasteiger partial charge is 0.458 e. The number of esters is 1. The fraction of sp³-hybridized carbons (Fsp3) is 0.579. The molecule has 1 atom stereocenters. The molecular formula is C19H29O2. The first kappa shape index (κ1) is 17.7. The van der Waals surface area contributed by atoms with Gasteiger partial charge in [0.1, 0.15) is 6.10 Å². The Morgan fingerprint density at radius 3 is 2.33 bits per heavy atom. The molecule has 0 fully saturated rings. The molecule has 0 aliphatic rings. The number of carbonyl (C=O) groups is 1. The van der Waals surface area contributed by atoms with E-state index in [-0.39, 0.29) is 12.1 Å². The molecule has 1 rings (SSSR count). The summed E-state index contributed by atoms with van der Waals surface area (Å²) < 4.78 is 5.40.